The minimum absolute atomic E-state index is 0. The molecule has 0 saturated carbocycles. The van der Waals surface area contributed by atoms with Crippen LogP contribution in [0.4, 0.5) is 0 Å². The molecule has 0 aliphatic rings. The third-order valence-electron chi connectivity index (χ3n) is 11.8. The van der Waals surface area contributed by atoms with Crippen molar-refractivity contribution in [1.29, 1.82) is 0 Å². The van der Waals surface area contributed by atoms with Crippen molar-refractivity contribution in [2.24, 2.45) is 0 Å². The Morgan fingerprint density at radius 2 is 1.38 bits per heavy atom. The number of benzene rings is 6. The third kappa shape index (κ3) is 9.31. The van der Waals surface area contributed by atoms with E-state index in [1.807, 2.05) is 103 Å². The number of hydrogen-bond donors (Lipinski definition) is 0. The van der Waals surface area contributed by atoms with Crippen molar-refractivity contribution in [3.05, 3.63) is 198 Å². The molecule has 0 fully saturated rings. The van der Waals surface area contributed by atoms with Gasteiger partial charge in [0.1, 0.15) is 5.58 Å². The van der Waals surface area contributed by atoms with E-state index < -0.39 is 19.6 Å². The van der Waals surface area contributed by atoms with E-state index in [4.69, 9.17) is 17.1 Å². The second-order valence-corrected chi connectivity index (χ2v) is 28.6. The van der Waals surface area contributed by atoms with E-state index in [1.54, 1.807) is 0 Å². The van der Waals surface area contributed by atoms with Crippen LogP contribution in [0.25, 0.3) is 72.6 Å². The molecule has 0 aliphatic heterocycles. The molecule has 0 amide bonds. The second kappa shape index (κ2) is 19.3. The number of rotatable bonds is 9. The smallest absolute Gasteiger partial charge is 0 e. The Hall–Kier alpha value is -5.92. The van der Waals surface area contributed by atoms with Gasteiger partial charge in [0.05, 0.1) is 16.9 Å². The van der Waals surface area contributed by atoms with Gasteiger partial charge in [-0.3, -0.25) is 4.98 Å². The van der Waals surface area contributed by atoms with Crippen LogP contribution in [0.2, 0.25) is 17.3 Å². The summed E-state index contributed by atoms with van der Waals surface area (Å²) >= 11 is -2.30. The number of nitrogens with zero attached hydrogens (tertiary/aromatic N) is 4. The van der Waals surface area contributed by atoms with Crippen molar-refractivity contribution in [2.45, 2.75) is 70.1 Å². The number of hydrogen-bond acceptors (Lipinski definition) is 4. The van der Waals surface area contributed by atoms with Crippen molar-refractivity contribution in [3.63, 3.8) is 0 Å². The van der Waals surface area contributed by atoms with Crippen molar-refractivity contribution in [3.8, 4) is 39.5 Å². The molecule has 6 aromatic carbocycles. The van der Waals surface area contributed by atoms with Crippen molar-refractivity contribution >= 4 is 50.8 Å². The SMILES string of the molecule is Cc1ccnc2c1nc(-c1[c-]ccc3c1oc1ccccc13)n2-c1c(C(C)C)cc(-c2ccccc2)cc1C(C)C.[2H]C([2H])(c1ccccc1)c1cc(-c2[c-]cccc2)nc[c]1[Ge]([CH3])([CH3])[CH3].[Ir]. The molecule has 7 heteroatoms. The summed E-state index contributed by atoms with van der Waals surface area (Å²) in [6, 6.07) is 55.3. The summed E-state index contributed by atoms with van der Waals surface area (Å²) in [6.07, 6.45) is 2.22. The molecule has 1 radical (unpaired) electrons. The largest absolute Gasteiger partial charge is 0 e. The van der Waals surface area contributed by atoms with Gasteiger partial charge in [-0.2, -0.15) is 0 Å². The van der Waals surface area contributed by atoms with Crippen LogP contribution < -0.4 is 4.40 Å². The average molecular weight is 1090 g/mol. The molecule has 10 rings (SSSR count). The number of furan rings is 1. The average Bonchev–Trinajstić information content (AvgIpc) is 3.91. The predicted octanol–water partition coefficient (Wildman–Crippen LogP) is 14.7. The van der Waals surface area contributed by atoms with E-state index in [-0.39, 0.29) is 31.9 Å². The van der Waals surface area contributed by atoms with Crippen LogP contribution in [0.3, 0.4) is 0 Å². The van der Waals surface area contributed by atoms with Crippen LogP contribution >= 0.6 is 0 Å². The molecule has 65 heavy (non-hydrogen) atoms. The Balaban J connectivity index is 0.000000201. The Morgan fingerprint density at radius 3 is 2.06 bits per heavy atom. The molecule has 5 nitrogen and oxygen atoms in total. The number of aromatic nitrogens is 4. The van der Waals surface area contributed by atoms with E-state index in [2.05, 4.69) is 128 Å². The standard InChI is InChI=1S/C37H32N3O.C21H22GeN.Ir/c1-22(2)30-20-26(25-12-7-6-8-13-25)21-31(23(3)4)34(30)40-36(39-33-24(5)18-19-38-37(33)40)29-16-11-15-28-27-14-9-10-17-32(27)41-35(28)29;1-22(2,3)20-16-23-21(18-12-8-5-9-13-18)15-19(20)14-17-10-6-4-7-11-17;/h6-15,17-23H,1-5H3;4-12,15-16H,14H2,1-3H3;/q2*-1;/i;14D2;. The summed E-state index contributed by atoms with van der Waals surface area (Å²) in [7, 11) is 0. The Morgan fingerprint density at radius 1 is 0.708 bits per heavy atom. The third-order valence-corrected chi connectivity index (χ3v) is 16.0. The molecule has 0 spiro atoms. The fourth-order valence-electron chi connectivity index (χ4n) is 8.48. The molecular formula is C58H54GeIrN4O-2. The zero-order chi connectivity index (χ0) is 46.3. The van der Waals surface area contributed by atoms with E-state index >= 15 is 0 Å². The maximum atomic E-state index is 8.85. The molecule has 10 aromatic rings. The van der Waals surface area contributed by atoms with Gasteiger partial charge in [0.2, 0.25) is 0 Å². The number of pyridine rings is 2. The molecular weight excluding hydrogens is 1030 g/mol. The summed E-state index contributed by atoms with van der Waals surface area (Å²) in [5.41, 5.74) is 14.5. The first kappa shape index (κ1) is 43.0. The van der Waals surface area contributed by atoms with Crippen molar-refractivity contribution in [1.82, 2.24) is 19.5 Å². The molecule has 0 unspecified atom stereocenters. The van der Waals surface area contributed by atoms with Gasteiger partial charge in [-0.1, -0.05) is 87.2 Å². The Kier molecular flexibility index (Phi) is 12.8. The number of para-hydroxylation sites is 1. The molecule has 0 N–H and O–H groups in total. The molecule has 0 bridgehead atoms. The molecule has 0 aliphatic carbocycles. The Bertz CT molecular complexity index is 3310. The fraction of sp³-hybridized carbons (Fsp3) is 0.190. The summed E-state index contributed by atoms with van der Waals surface area (Å²) in [5.74, 6) is 8.16. The van der Waals surface area contributed by atoms with Crippen LogP contribution in [-0.2, 0) is 26.5 Å². The van der Waals surface area contributed by atoms with Crippen LogP contribution in [0.1, 0.15) is 70.1 Å². The van der Waals surface area contributed by atoms with Crippen molar-refractivity contribution < 1.29 is 27.3 Å². The quantitative estimate of drug-likeness (QED) is 0.107. The maximum absolute atomic E-state index is 8.85. The number of imidazole rings is 1. The molecule has 327 valence electrons. The first-order chi connectivity index (χ1) is 31.7. The van der Waals surface area contributed by atoms with E-state index in [9.17, 15) is 0 Å². The van der Waals surface area contributed by atoms with Crippen LogP contribution in [0.5, 0.6) is 0 Å². The molecule has 0 atom stereocenters. The van der Waals surface area contributed by atoms with Crippen LogP contribution in [0.15, 0.2) is 162 Å². The van der Waals surface area contributed by atoms with Crippen LogP contribution in [-0.4, -0.2) is 32.8 Å². The van der Waals surface area contributed by atoms with Gasteiger partial charge in [-0.05, 0) is 70.8 Å². The van der Waals surface area contributed by atoms with E-state index in [0.29, 0.717) is 5.56 Å². The minimum Gasteiger partial charge on any atom is 0 e. The summed E-state index contributed by atoms with van der Waals surface area (Å²) in [4.78, 5) is 14.8. The minimum atomic E-state index is -2.30. The first-order valence-electron chi connectivity index (χ1n) is 23.2. The van der Waals surface area contributed by atoms with Gasteiger partial charge in [0.25, 0.3) is 0 Å². The zero-order valence-corrected chi connectivity index (χ0v) is 42.7. The first-order valence-corrected chi connectivity index (χ1v) is 29.5. The van der Waals surface area contributed by atoms with Gasteiger partial charge >= 0.3 is 144 Å². The van der Waals surface area contributed by atoms with E-state index in [0.717, 1.165) is 77.0 Å². The molecule has 4 aromatic heterocycles. The number of aryl methyl sites for hydroxylation is 1. The normalized spacial score (nSPS) is 12.3. The summed E-state index contributed by atoms with van der Waals surface area (Å²) < 4.78 is 27.5. The zero-order valence-electron chi connectivity index (χ0n) is 40.2. The van der Waals surface area contributed by atoms with Crippen LogP contribution in [0, 0.1) is 19.1 Å². The summed E-state index contributed by atoms with van der Waals surface area (Å²) in [6.45, 7) is 11.2. The molecule has 4 heterocycles. The number of fused-ring (bicyclic) bond motifs is 4. The molecule has 0 saturated heterocycles. The Labute approximate surface area is 402 Å². The monoisotopic (exact) mass is 1090 g/mol. The maximum Gasteiger partial charge on any atom is 0 e. The van der Waals surface area contributed by atoms with Gasteiger partial charge in [-0.15, -0.1) is 18.2 Å². The van der Waals surface area contributed by atoms with Gasteiger partial charge in [-0.25, -0.2) is 4.98 Å². The van der Waals surface area contributed by atoms with E-state index in [1.165, 1.54) is 22.3 Å². The van der Waals surface area contributed by atoms with Crippen molar-refractivity contribution in [2.75, 3.05) is 0 Å². The van der Waals surface area contributed by atoms with Gasteiger partial charge in [0.15, 0.2) is 5.65 Å². The predicted molar refractivity (Wildman–Crippen MR) is 270 cm³/mol. The van der Waals surface area contributed by atoms with Gasteiger partial charge < -0.3 is 8.98 Å². The fourth-order valence-corrected chi connectivity index (χ4v) is 11.4. The summed E-state index contributed by atoms with van der Waals surface area (Å²) in [5, 5.41) is 2.15. The topological polar surface area (TPSA) is 56.7 Å². The van der Waals surface area contributed by atoms with Gasteiger partial charge in [0, 0.05) is 37.4 Å². The second-order valence-electron chi connectivity index (χ2n) is 18.1.